The minimum Gasteiger partial charge on any atom is -0.304 e. The lowest BCUT2D eigenvalue weighted by molar-refractivity contribution is 0.249. The molecule has 0 aromatic rings. The lowest BCUT2D eigenvalue weighted by Gasteiger charge is -2.25. The quantitative estimate of drug-likeness (QED) is 0.709. The van der Waals surface area contributed by atoms with Gasteiger partial charge >= 0.3 is 10.4 Å². The maximum atomic E-state index is 10.4. The van der Waals surface area contributed by atoms with Crippen molar-refractivity contribution in [3.05, 3.63) is 35.5 Å². The highest BCUT2D eigenvalue weighted by atomic mass is 32.3. The van der Waals surface area contributed by atoms with Gasteiger partial charge in [-0.25, -0.2) is 4.18 Å². The van der Waals surface area contributed by atoms with Crippen LogP contribution < -0.4 is 5.32 Å². The van der Waals surface area contributed by atoms with E-state index in [9.17, 15) is 8.42 Å². The Hall–Kier alpha value is -0.950. The summed E-state index contributed by atoms with van der Waals surface area (Å²) in [6, 6.07) is -0.180. The third kappa shape index (κ3) is 3.02. The first-order valence-electron chi connectivity index (χ1n) is 4.96. The van der Waals surface area contributed by atoms with Crippen molar-refractivity contribution in [2.75, 3.05) is 13.2 Å². The Morgan fingerprint density at radius 1 is 1.50 bits per heavy atom. The minimum absolute atomic E-state index is 0.0840. The highest BCUT2D eigenvalue weighted by Crippen LogP contribution is 2.22. The first-order chi connectivity index (χ1) is 7.54. The van der Waals surface area contributed by atoms with Crippen molar-refractivity contribution in [1.29, 1.82) is 0 Å². The van der Waals surface area contributed by atoms with Gasteiger partial charge in [-0.2, -0.15) is 8.42 Å². The molecule has 0 aromatic heterocycles. The number of hydrogen-bond donors (Lipinski definition) is 2. The van der Waals surface area contributed by atoms with Gasteiger partial charge in [-0.1, -0.05) is 24.3 Å². The highest BCUT2D eigenvalue weighted by molar-refractivity contribution is 7.80. The molecule has 2 rings (SSSR count). The fourth-order valence-corrected chi connectivity index (χ4v) is 2.09. The van der Waals surface area contributed by atoms with E-state index in [1.165, 1.54) is 11.1 Å². The van der Waals surface area contributed by atoms with Gasteiger partial charge in [0.1, 0.15) is 0 Å². The maximum absolute atomic E-state index is 10.4. The van der Waals surface area contributed by atoms with Gasteiger partial charge in [-0.15, -0.1) is 0 Å². The van der Waals surface area contributed by atoms with Crippen LogP contribution in [0.4, 0.5) is 0 Å². The van der Waals surface area contributed by atoms with Gasteiger partial charge in [0.15, 0.2) is 0 Å². The summed E-state index contributed by atoms with van der Waals surface area (Å²) in [7, 11) is -4.35. The second-order valence-corrected chi connectivity index (χ2v) is 4.81. The van der Waals surface area contributed by atoms with Gasteiger partial charge in [-0.3, -0.25) is 4.55 Å². The lowest BCUT2D eigenvalue weighted by atomic mass is 9.93. The second kappa shape index (κ2) is 4.50. The van der Waals surface area contributed by atoms with Gasteiger partial charge in [0.2, 0.25) is 0 Å². The summed E-state index contributed by atoms with van der Waals surface area (Å²) >= 11 is 0. The number of fused-ring (bicyclic) bond motifs is 1. The molecule has 0 aromatic carbocycles. The van der Waals surface area contributed by atoms with Crippen LogP contribution in [0.3, 0.4) is 0 Å². The molecule has 0 spiro atoms. The Bertz CT molecular complexity index is 461. The van der Waals surface area contributed by atoms with Crippen molar-refractivity contribution >= 4 is 10.4 Å². The molecule has 5 nitrogen and oxygen atoms in total. The standard InChI is InChI=1S/C10H13NO4S/c12-16(13,14)15-7-10-5-8-3-1-2-4-9(8)6-11-10/h1-2,4-5,10-11H,3,6-7H2,(H,12,13,14)/t10-/m0/s1. The molecule has 2 aliphatic rings. The topological polar surface area (TPSA) is 75.6 Å². The summed E-state index contributed by atoms with van der Waals surface area (Å²) in [4.78, 5) is 0. The van der Waals surface area contributed by atoms with E-state index in [2.05, 4.69) is 9.50 Å². The molecule has 2 N–H and O–H groups in total. The van der Waals surface area contributed by atoms with E-state index in [1.807, 2.05) is 24.3 Å². The summed E-state index contributed by atoms with van der Waals surface area (Å²) in [5.41, 5.74) is 2.40. The Morgan fingerprint density at radius 3 is 3.06 bits per heavy atom. The molecule has 1 aliphatic heterocycles. The zero-order valence-corrected chi connectivity index (χ0v) is 9.40. The highest BCUT2D eigenvalue weighted by Gasteiger charge is 2.19. The Morgan fingerprint density at radius 2 is 2.31 bits per heavy atom. The number of allylic oxidation sites excluding steroid dienone is 3. The summed E-state index contributed by atoms with van der Waals surface area (Å²) in [5, 5.41) is 3.11. The van der Waals surface area contributed by atoms with Crippen LogP contribution in [0.5, 0.6) is 0 Å². The van der Waals surface area contributed by atoms with E-state index in [-0.39, 0.29) is 12.6 Å². The van der Waals surface area contributed by atoms with Crippen LogP contribution in [0, 0.1) is 0 Å². The molecular weight excluding hydrogens is 230 g/mol. The van der Waals surface area contributed by atoms with E-state index in [1.54, 1.807) is 0 Å². The monoisotopic (exact) mass is 243 g/mol. The number of nitrogens with one attached hydrogen (secondary N) is 1. The average Bonchev–Trinajstić information content (AvgIpc) is 2.25. The Balaban J connectivity index is 2.00. The van der Waals surface area contributed by atoms with E-state index in [4.69, 9.17) is 4.55 Å². The van der Waals surface area contributed by atoms with Crippen LogP contribution in [-0.4, -0.2) is 32.2 Å². The van der Waals surface area contributed by atoms with Crippen LogP contribution in [0.2, 0.25) is 0 Å². The van der Waals surface area contributed by atoms with Crippen LogP contribution in [0.1, 0.15) is 6.42 Å². The van der Waals surface area contributed by atoms with E-state index >= 15 is 0 Å². The van der Waals surface area contributed by atoms with E-state index < -0.39 is 10.4 Å². The van der Waals surface area contributed by atoms with Gasteiger partial charge in [0.05, 0.1) is 12.6 Å². The predicted octanol–water partition coefficient (Wildman–Crippen LogP) is 0.590. The molecule has 16 heavy (non-hydrogen) atoms. The van der Waals surface area contributed by atoms with Crippen LogP contribution in [0.25, 0.3) is 0 Å². The maximum Gasteiger partial charge on any atom is 0.397 e. The van der Waals surface area contributed by atoms with Crippen molar-refractivity contribution in [3.63, 3.8) is 0 Å². The van der Waals surface area contributed by atoms with Crippen molar-refractivity contribution in [3.8, 4) is 0 Å². The van der Waals surface area contributed by atoms with Gasteiger partial charge < -0.3 is 5.32 Å². The average molecular weight is 243 g/mol. The van der Waals surface area contributed by atoms with Gasteiger partial charge in [0.25, 0.3) is 0 Å². The second-order valence-electron chi connectivity index (χ2n) is 3.72. The molecule has 6 heteroatoms. The Kier molecular flexibility index (Phi) is 3.25. The minimum atomic E-state index is -4.35. The number of rotatable bonds is 3. The van der Waals surface area contributed by atoms with Crippen LogP contribution in [-0.2, 0) is 14.6 Å². The molecule has 0 amide bonds. The summed E-state index contributed by atoms with van der Waals surface area (Å²) < 4.78 is 33.6. The molecule has 0 bridgehead atoms. The smallest absolute Gasteiger partial charge is 0.304 e. The van der Waals surface area contributed by atoms with E-state index in [0.717, 1.165) is 6.42 Å². The molecule has 1 atom stereocenters. The largest absolute Gasteiger partial charge is 0.397 e. The van der Waals surface area contributed by atoms with Crippen molar-refractivity contribution in [1.82, 2.24) is 5.32 Å². The van der Waals surface area contributed by atoms with E-state index in [0.29, 0.717) is 6.54 Å². The molecule has 0 unspecified atom stereocenters. The molecule has 1 heterocycles. The lowest BCUT2D eigenvalue weighted by Crippen LogP contribution is -2.38. The van der Waals surface area contributed by atoms with Crippen molar-refractivity contribution in [2.45, 2.75) is 12.5 Å². The number of hydrogen-bond acceptors (Lipinski definition) is 4. The molecule has 0 fully saturated rings. The zero-order chi connectivity index (χ0) is 11.6. The molecular formula is C10H13NO4S. The van der Waals surface area contributed by atoms with Crippen LogP contribution in [0.15, 0.2) is 35.5 Å². The molecule has 0 radical (unpaired) electrons. The summed E-state index contributed by atoms with van der Waals surface area (Å²) in [5.74, 6) is 0. The normalized spacial score (nSPS) is 24.7. The van der Waals surface area contributed by atoms with Gasteiger partial charge in [-0.05, 0) is 17.6 Å². The van der Waals surface area contributed by atoms with Crippen LogP contribution >= 0.6 is 0 Å². The fourth-order valence-electron chi connectivity index (χ4n) is 1.77. The van der Waals surface area contributed by atoms with Crippen molar-refractivity contribution in [2.24, 2.45) is 0 Å². The van der Waals surface area contributed by atoms with Crippen molar-refractivity contribution < 1.29 is 17.2 Å². The fraction of sp³-hybridized carbons (Fsp3) is 0.400. The predicted molar refractivity (Wildman–Crippen MR) is 59.2 cm³/mol. The molecule has 0 saturated carbocycles. The summed E-state index contributed by atoms with van der Waals surface area (Å²) in [6.07, 6.45) is 8.87. The summed E-state index contributed by atoms with van der Waals surface area (Å²) in [6.45, 7) is 0.606. The third-order valence-electron chi connectivity index (χ3n) is 2.54. The molecule has 0 saturated heterocycles. The Labute approximate surface area is 94.4 Å². The molecule has 88 valence electrons. The first-order valence-corrected chi connectivity index (χ1v) is 6.33. The zero-order valence-electron chi connectivity index (χ0n) is 8.59. The SMILES string of the molecule is O=S(=O)(O)OC[C@@H]1C=C2CC=CC=C2CN1. The first kappa shape index (κ1) is 11.5. The third-order valence-corrected chi connectivity index (χ3v) is 2.97. The molecule has 1 aliphatic carbocycles. The van der Waals surface area contributed by atoms with Gasteiger partial charge in [0, 0.05) is 6.54 Å².